The minimum atomic E-state index is -3.06. The smallest absolute Gasteiger partial charge is 0.264 e. The quantitative estimate of drug-likeness (QED) is 0.406. The van der Waals surface area contributed by atoms with Crippen LogP contribution in [0.2, 0.25) is 0 Å². The number of carbonyl (C=O) groups is 1. The molecule has 4 heterocycles. The van der Waals surface area contributed by atoms with Crippen LogP contribution in [-0.4, -0.2) is 96.6 Å². The molecule has 1 aromatic heterocycles. The summed E-state index contributed by atoms with van der Waals surface area (Å²) in [7, 11) is -3.06. The molecule has 41 heavy (non-hydrogen) atoms. The number of pyridine rings is 1. The molecule has 9 nitrogen and oxygen atoms in total. The zero-order chi connectivity index (χ0) is 29.1. The third-order valence-electron chi connectivity index (χ3n) is 9.37. The van der Waals surface area contributed by atoms with E-state index in [1.165, 1.54) is 38.4 Å². The number of hydrogen-bond acceptors (Lipinski definition) is 6. The van der Waals surface area contributed by atoms with Crippen LogP contribution in [0.5, 0.6) is 0 Å². The van der Waals surface area contributed by atoms with Gasteiger partial charge in [-0.05, 0) is 83.0 Å². The molecule has 3 atom stereocenters. The number of piperidine rings is 1. The van der Waals surface area contributed by atoms with Crippen molar-refractivity contribution in [3.05, 3.63) is 46.2 Å². The predicted molar refractivity (Wildman–Crippen MR) is 164 cm³/mol. The fourth-order valence-corrected chi connectivity index (χ4v) is 8.08. The molecule has 5 rings (SSSR count). The van der Waals surface area contributed by atoms with Gasteiger partial charge in [-0.1, -0.05) is 31.0 Å². The Morgan fingerprint density at radius 2 is 1.59 bits per heavy atom. The van der Waals surface area contributed by atoms with Crippen molar-refractivity contribution < 1.29 is 13.2 Å². The van der Waals surface area contributed by atoms with Gasteiger partial charge in [0.25, 0.3) is 11.5 Å². The number of fused-ring (bicyclic) bond motifs is 3. The van der Waals surface area contributed by atoms with Crippen LogP contribution in [0.25, 0.3) is 10.9 Å². The lowest BCUT2D eigenvalue weighted by molar-refractivity contribution is 0.0839. The van der Waals surface area contributed by atoms with Gasteiger partial charge in [-0.25, -0.2) is 8.42 Å². The number of nitrogens with zero attached hydrogens (tertiary/aromatic N) is 4. The van der Waals surface area contributed by atoms with Gasteiger partial charge < -0.3 is 14.8 Å². The van der Waals surface area contributed by atoms with E-state index in [0.29, 0.717) is 25.2 Å². The highest BCUT2D eigenvalue weighted by atomic mass is 32.2. The summed E-state index contributed by atoms with van der Waals surface area (Å²) in [6.45, 7) is 9.00. The van der Waals surface area contributed by atoms with Crippen molar-refractivity contribution in [2.75, 3.05) is 45.5 Å². The molecule has 0 spiro atoms. The first-order chi connectivity index (χ1) is 19.6. The van der Waals surface area contributed by atoms with Crippen LogP contribution < -0.4 is 10.9 Å². The maximum Gasteiger partial charge on any atom is 0.264 e. The largest absolute Gasteiger partial charge is 0.349 e. The van der Waals surface area contributed by atoms with E-state index in [1.807, 2.05) is 38.1 Å². The van der Waals surface area contributed by atoms with Crippen LogP contribution in [0, 0.1) is 0 Å². The van der Waals surface area contributed by atoms with Crippen molar-refractivity contribution >= 4 is 26.8 Å². The number of unbranched alkanes of at least 4 members (excludes halogenated alkanes) is 3. The highest BCUT2D eigenvalue weighted by Gasteiger charge is 2.40. The highest BCUT2D eigenvalue weighted by Crippen LogP contribution is 2.36. The van der Waals surface area contributed by atoms with Gasteiger partial charge in [0.1, 0.15) is 5.56 Å². The molecule has 226 valence electrons. The van der Waals surface area contributed by atoms with Crippen molar-refractivity contribution in [2.24, 2.45) is 0 Å². The number of carbonyl (C=O) groups excluding carboxylic acids is 1. The fourth-order valence-electron chi connectivity index (χ4n) is 7.25. The number of amides is 1. The van der Waals surface area contributed by atoms with Gasteiger partial charge >= 0.3 is 0 Å². The summed E-state index contributed by atoms with van der Waals surface area (Å²) in [6, 6.07) is 10.6. The van der Waals surface area contributed by atoms with Crippen molar-refractivity contribution in [2.45, 2.75) is 89.4 Å². The van der Waals surface area contributed by atoms with Crippen molar-refractivity contribution in [1.82, 2.24) is 24.0 Å². The third kappa shape index (κ3) is 7.04. The molecule has 1 amide bonds. The lowest BCUT2D eigenvalue weighted by Gasteiger charge is -2.39. The van der Waals surface area contributed by atoms with Crippen LogP contribution in [0.15, 0.2) is 35.1 Å². The Labute approximate surface area is 244 Å². The SMILES string of the molecule is CC(C)n1c(=O)c(C(=O)NC2C[C@H]3CC[C@@H](C2)N3CCCCCCN2CCN(S(C)(=O)=O)CC2)cc2ccccc21. The van der Waals surface area contributed by atoms with Crippen molar-refractivity contribution in [1.29, 1.82) is 0 Å². The number of aromatic nitrogens is 1. The van der Waals surface area contributed by atoms with Gasteiger partial charge in [-0.15, -0.1) is 0 Å². The Balaban J connectivity index is 1.06. The monoisotopic (exact) mass is 585 g/mol. The van der Waals surface area contributed by atoms with Crippen LogP contribution in [0.3, 0.4) is 0 Å². The number of piperazine rings is 1. The summed E-state index contributed by atoms with van der Waals surface area (Å²) in [5.74, 6) is -0.245. The molecule has 0 aliphatic carbocycles. The van der Waals surface area contributed by atoms with Crippen LogP contribution in [0.4, 0.5) is 0 Å². The lowest BCUT2D eigenvalue weighted by Crippen LogP contribution is -2.51. The first kappa shape index (κ1) is 30.2. The second-order valence-electron chi connectivity index (χ2n) is 12.6. The number of hydrogen-bond donors (Lipinski definition) is 1. The predicted octanol–water partition coefficient (Wildman–Crippen LogP) is 3.45. The van der Waals surface area contributed by atoms with Crippen LogP contribution in [0.1, 0.15) is 81.6 Å². The Kier molecular flexibility index (Phi) is 9.53. The van der Waals surface area contributed by atoms with Gasteiger partial charge in [0.15, 0.2) is 0 Å². The summed E-state index contributed by atoms with van der Waals surface area (Å²) in [5, 5.41) is 4.15. The molecule has 2 bridgehead atoms. The lowest BCUT2D eigenvalue weighted by atomic mass is 9.96. The fraction of sp³-hybridized carbons (Fsp3) is 0.677. The average molecular weight is 586 g/mol. The van der Waals surface area contributed by atoms with Gasteiger partial charge in [-0.3, -0.25) is 14.5 Å². The van der Waals surface area contributed by atoms with Gasteiger partial charge in [0.2, 0.25) is 10.0 Å². The molecule has 10 heteroatoms. The van der Waals surface area contributed by atoms with E-state index in [1.54, 1.807) is 14.9 Å². The number of sulfonamides is 1. The molecule has 3 aliphatic heterocycles. The van der Waals surface area contributed by atoms with Gasteiger partial charge in [0.05, 0.1) is 11.8 Å². The maximum atomic E-state index is 13.3. The molecule has 2 aromatic rings. The van der Waals surface area contributed by atoms with E-state index < -0.39 is 10.0 Å². The molecule has 3 fully saturated rings. The Bertz CT molecular complexity index is 1370. The van der Waals surface area contributed by atoms with E-state index in [0.717, 1.165) is 56.3 Å². The van der Waals surface area contributed by atoms with Crippen molar-refractivity contribution in [3.8, 4) is 0 Å². The molecular weight excluding hydrogens is 538 g/mol. The second kappa shape index (κ2) is 12.9. The van der Waals surface area contributed by atoms with E-state index in [2.05, 4.69) is 15.1 Å². The van der Waals surface area contributed by atoms with Crippen LogP contribution >= 0.6 is 0 Å². The minimum Gasteiger partial charge on any atom is -0.349 e. The van der Waals surface area contributed by atoms with E-state index in [-0.39, 0.29) is 29.1 Å². The van der Waals surface area contributed by atoms with Gasteiger partial charge in [-0.2, -0.15) is 4.31 Å². The molecule has 3 saturated heterocycles. The summed E-state index contributed by atoms with van der Waals surface area (Å²) in [5.41, 5.74) is 0.889. The molecular formula is C31H47N5O4S. The number of para-hydroxylation sites is 1. The first-order valence-electron chi connectivity index (χ1n) is 15.5. The third-order valence-corrected chi connectivity index (χ3v) is 10.7. The van der Waals surface area contributed by atoms with E-state index in [4.69, 9.17) is 0 Å². The second-order valence-corrected chi connectivity index (χ2v) is 14.6. The molecule has 3 aliphatic rings. The van der Waals surface area contributed by atoms with E-state index in [9.17, 15) is 18.0 Å². The average Bonchev–Trinajstić information content (AvgIpc) is 3.16. The summed E-state index contributed by atoms with van der Waals surface area (Å²) >= 11 is 0. The zero-order valence-corrected chi connectivity index (χ0v) is 25.7. The molecule has 1 aromatic carbocycles. The summed E-state index contributed by atoms with van der Waals surface area (Å²) in [6.07, 6.45) is 10.3. The maximum absolute atomic E-state index is 13.3. The number of nitrogens with one attached hydrogen (secondary N) is 1. The molecule has 0 radical (unpaired) electrons. The standard InChI is InChI=1S/C31H47N5O4S/c1-23(2)36-29-11-7-6-10-24(29)20-28(31(36)38)30(37)32-25-21-26-12-13-27(22-25)35(26)15-9-5-4-8-14-33-16-18-34(19-17-33)41(3,39)40/h6-7,10-11,20,23,25-27H,4-5,8-9,12-19,21-22H2,1-3H3,(H,32,37)/t25?,26-,27+. The minimum absolute atomic E-state index is 0.0307. The van der Waals surface area contributed by atoms with Gasteiger partial charge in [0, 0.05) is 50.3 Å². The highest BCUT2D eigenvalue weighted by molar-refractivity contribution is 7.88. The van der Waals surface area contributed by atoms with E-state index >= 15 is 0 Å². The summed E-state index contributed by atoms with van der Waals surface area (Å²) < 4.78 is 26.7. The summed E-state index contributed by atoms with van der Waals surface area (Å²) in [4.78, 5) is 31.7. The number of benzene rings is 1. The Hall–Kier alpha value is -2.27. The Morgan fingerprint density at radius 1 is 0.951 bits per heavy atom. The first-order valence-corrected chi connectivity index (χ1v) is 17.3. The zero-order valence-electron chi connectivity index (χ0n) is 24.9. The number of rotatable bonds is 11. The normalized spacial score (nSPS) is 24.3. The van der Waals surface area contributed by atoms with Crippen LogP contribution in [-0.2, 0) is 10.0 Å². The molecule has 1 unspecified atom stereocenters. The topological polar surface area (TPSA) is 95.0 Å². The Morgan fingerprint density at radius 3 is 2.22 bits per heavy atom. The molecule has 1 N–H and O–H groups in total. The van der Waals surface area contributed by atoms with Crippen molar-refractivity contribution in [3.63, 3.8) is 0 Å². The molecule has 0 saturated carbocycles.